The Morgan fingerprint density at radius 1 is 1.00 bits per heavy atom. The molecule has 0 unspecified atom stereocenters. The van der Waals surface area contributed by atoms with Crippen molar-refractivity contribution in [2.75, 3.05) is 10.8 Å². The number of hydrogen-bond donors (Lipinski definition) is 1. The predicted octanol–water partition coefficient (Wildman–Crippen LogP) is 3.95. The Morgan fingerprint density at radius 3 is 2.21 bits per heavy atom. The van der Waals surface area contributed by atoms with Crippen LogP contribution in [0, 0.1) is 24.0 Å². The number of hydrazone groups is 1. The lowest BCUT2D eigenvalue weighted by Gasteiger charge is -2.25. The molecule has 0 radical (unpaired) electrons. The summed E-state index contributed by atoms with van der Waals surface area (Å²) in [6.07, 6.45) is 0. The SMILES string of the molecule is C/C(=N/NC(=O)CN(c1ccccc1C)S(=O)(=O)c1ccc(C)cc1)c1ccc([N+](=O)[O-])cc1. The topological polar surface area (TPSA) is 122 Å². The van der Waals surface area contributed by atoms with Crippen LogP contribution in [0.2, 0.25) is 0 Å². The van der Waals surface area contributed by atoms with Gasteiger partial charge >= 0.3 is 0 Å². The maximum atomic E-state index is 13.4. The molecule has 34 heavy (non-hydrogen) atoms. The molecular formula is C24H24N4O5S. The molecule has 10 heteroatoms. The molecule has 9 nitrogen and oxygen atoms in total. The number of nitro benzene ring substituents is 1. The van der Waals surface area contributed by atoms with Gasteiger partial charge in [0.1, 0.15) is 6.54 Å². The zero-order valence-corrected chi connectivity index (χ0v) is 19.7. The van der Waals surface area contributed by atoms with E-state index in [0.29, 0.717) is 22.5 Å². The van der Waals surface area contributed by atoms with Crippen molar-refractivity contribution in [1.82, 2.24) is 5.43 Å². The minimum absolute atomic E-state index is 0.0595. The monoisotopic (exact) mass is 480 g/mol. The van der Waals surface area contributed by atoms with E-state index in [1.54, 1.807) is 50.2 Å². The fourth-order valence-corrected chi connectivity index (χ4v) is 4.67. The zero-order chi connectivity index (χ0) is 24.9. The quantitative estimate of drug-likeness (QED) is 0.297. The lowest BCUT2D eigenvalue weighted by atomic mass is 10.1. The van der Waals surface area contributed by atoms with Crippen LogP contribution in [0.5, 0.6) is 0 Å². The van der Waals surface area contributed by atoms with Crippen molar-refractivity contribution in [2.24, 2.45) is 5.10 Å². The summed E-state index contributed by atoms with van der Waals surface area (Å²) in [5.41, 5.74) is 5.29. The Balaban J connectivity index is 1.85. The van der Waals surface area contributed by atoms with Crippen molar-refractivity contribution in [3.63, 3.8) is 0 Å². The average Bonchev–Trinajstić information content (AvgIpc) is 2.82. The fourth-order valence-electron chi connectivity index (χ4n) is 3.18. The van der Waals surface area contributed by atoms with E-state index in [9.17, 15) is 23.3 Å². The summed E-state index contributed by atoms with van der Waals surface area (Å²) in [6.45, 7) is 4.76. The van der Waals surface area contributed by atoms with Crippen molar-refractivity contribution in [2.45, 2.75) is 25.7 Å². The molecule has 0 saturated carbocycles. The molecular weight excluding hydrogens is 456 g/mol. The molecule has 3 rings (SSSR count). The summed E-state index contributed by atoms with van der Waals surface area (Å²) in [5.74, 6) is -0.639. The third kappa shape index (κ3) is 5.65. The number of carbonyl (C=O) groups excluding carboxylic acids is 1. The maximum Gasteiger partial charge on any atom is 0.269 e. The number of para-hydroxylation sites is 1. The number of nitrogens with one attached hydrogen (secondary N) is 1. The molecule has 0 aliphatic rings. The fraction of sp³-hybridized carbons (Fsp3) is 0.167. The van der Waals surface area contributed by atoms with Crippen LogP contribution >= 0.6 is 0 Å². The standard InChI is InChI=1S/C24H24N4O5S/c1-17-8-14-22(15-9-17)34(32,33)27(23-7-5-4-6-18(23)2)16-24(29)26-25-19(3)20-10-12-21(13-11-20)28(30)31/h4-15H,16H2,1-3H3,(H,26,29)/b25-19-. The number of sulfonamides is 1. The minimum Gasteiger partial charge on any atom is -0.271 e. The number of anilines is 1. The molecule has 3 aromatic carbocycles. The Hall–Kier alpha value is -4.05. The molecule has 0 spiro atoms. The summed E-state index contributed by atoms with van der Waals surface area (Å²) < 4.78 is 27.9. The second-order valence-electron chi connectivity index (χ2n) is 7.65. The Kier molecular flexibility index (Phi) is 7.42. The van der Waals surface area contributed by atoms with E-state index >= 15 is 0 Å². The summed E-state index contributed by atoms with van der Waals surface area (Å²) in [7, 11) is -4.03. The second-order valence-corrected chi connectivity index (χ2v) is 9.51. The normalized spacial score (nSPS) is 11.7. The van der Waals surface area contributed by atoms with E-state index in [1.165, 1.54) is 36.4 Å². The summed E-state index contributed by atoms with van der Waals surface area (Å²) >= 11 is 0. The number of aryl methyl sites for hydroxylation is 2. The Morgan fingerprint density at radius 2 is 1.62 bits per heavy atom. The van der Waals surface area contributed by atoms with Crippen molar-refractivity contribution < 1.29 is 18.1 Å². The van der Waals surface area contributed by atoms with E-state index in [-0.39, 0.29) is 10.6 Å². The number of benzene rings is 3. The van der Waals surface area contributed by atoms with Gasteiger partial charge in [0.2, 0.25) is 0 Å². The van der Waals surface area contributed by atoms with Crippen LogP contribution in [0.1, 0.15) is 23.6 Å². The number of rotatable bonds is 8. The molecule has 0 aliphatic carbocycles. The van der Waals surface area contributed by atoms with E-state index in [4.69, 9.17) is 0 Å². The van der Waals surface area contributed by atoms with Crippen molar-refractivity contribution in [3.05, 3.63) is 99.6 Å². The molecule has 1 N–H and O–H groups in total. The highest BCUT2D eigenvalue weighted by atomic mass is 32.2. The highest BCUT2D eigenvalue weighted by molar-refractivity contribution is 7.92. The van der Waals surface area contributed by atoms with Crippen LogP contribution in [0.4, 0.5) is 11.4 Å². The van der Waals surface area contributed by atoms with Crippen LogP contribution in [0.3, 0.4) is 0 Å². The number of nitro groups is 1. The molecule has 0 aromatic heterocycles. The van der Waals surface area contributed by atoms with E-state index < -0.39 is 27.4 Å². The van der Waals surface area contributed by atoms with Crippen LogP contribution in [0.25, 0.3) is 0 Å². The van der Waals surface area contributed by atoms with E-state index in [0.717, 1.165) is 9.87 Å². The molecule has 0 bridgehead atoms. The number of carbonyl (C=O) groups is 1. The van der Waals surface area contributed by atoms with Gasteiger partial charge in [-0.15, -0.1) is 0 Å². The molecule has 0 heterocycles. The van der Waals surface area contributed by atoms with Crippen molar-refractivity contribution in [1.29, 1.82) is 0 Å². The first kappa shape index (κ1) is 24.6. The first-order chi connectivity index (χ1) is 16.1. The first-order valence-electron chi connectivity index (χ1n) is 10.3. The molecule has 3 aromatic rings. The third-order valence-corrected chi connectivity index (χ3v) is 6.90. The molecule has 0 saturated heterocycles. The Labute approximate surface area is 197 Å². The van der Waals surface area contributed by atoms with Crippen molar-refractivity contribution >= 4 is 33.0 Å². The van der Waals surface area contributed by atoms with Gasteiger partial charge < -0.3 is 0 Å². The lowest BCUT2D eigenvalue weighted by molar-refractivity contribution is -0.384. The van der Waals surface area contributed by atoms with Gasteiger partial charge in [-0.05, 0) is 62.2 Å². The lowest BCUT2D eigenvalue weighted by Crippen LogP contribution is -2.40. The second kappa shape index (κ2) is 10.3. The van der Waals surface area contributed by atoms with Crippen LogP contribution in [-0.2, 0) is 14.8 Å². The molecule has 0 aliphatic heterocycles. The molecule has 176 valence electrons. The van der Waals surface area contributed by atoms with E-state index in [2.05, 4.69) is 10.5 Å². The highest BCUT2D eigenvalue weighted by Crippen LogP contribution is 2.26. The minimum atomic E-state index is -4.03. The Bertz CT molecular complexity index is 1330. The van der Waals surface area contributed by atoms with Gasteiger partial charge in [0.05, 0.1) is 21.2 Å². The summed E-state index contributed by atoms with van der Waals surface area (Å²) in [6, 6.07) is 19.0. The van der Waals surface area contributed by atoms with E-state index in [1.807, 2.05) is 6.92 Å². The highest BCUT2D eigenvalue weighted by Gasteiger charge is 2.28. The summed E-state index contributed by atoms with van der Waals surface area (Å²) in [4.78, 5) is 23.1. The van der Waals surface area contributed by atoms with Gasteiger partial charge in [0.15, 0.2) is 0 Å². The first-order valence-corrected chi connectivity index (χ1v) is 11.8. The largest absolute Gasteiger partial charge is 0.271 e. The molecule has 0 atom stereocenters. The van der Waals surface area contributed by atoms with Gasteiger partial charge in [0, 0.05) is 12.1 Å². The van der Waals surface area contributed by atoms with Gasteiger partial charge in [-0.2, -0.15) is 5.10 Å². The van der Waals surface area contributed by atoms with Gasteiger partial charge in [-0.25, -0.2) is 13.8 Å². The van der Waals surface area contributed by atoms with Gasteiger partial charge in [-0.3, -0.25) is 19.2 Å². The van der Waals surface area contributed by atoms with Crippen LogP contribution in [0.15, 0.2) is 82.8 Å². The third-order valence-electron chi connectivity index (χ3n) is 5.12. The maximum absolute atomic E-state index is 13.4. The molecule has 1 amide bonds. The average molecular weight is 481 g/mol. The molecule has 0 fully saturated rings. The van der Waals surface area contributed by atoms with Crippen LogP contribution < -0.4 is 9.73 Å². The van der Waals surface area contributed by atoms with Gasteiger partial charge in [0.25, 0.3) is 21.6 Å². The smallest absolute Gasteiger partial charge is 0.269 e. The van der Waals surface area contributed by atoms with Crippen molar-refractivity contribution in [3.8, 4) is 0 Å². The summed E-state index contributed by atoms with van der Waals surface area (Å²) in [5, 5.41) is 14.8. The van der Waals surface area contributed by atoms with Crippen LogP contribution in [-0.4, -0.2) is 31.5 Å². The number of nitrogens with zero attached hydrogens (tertiary/aromatic N) is 3. The zero-order valence-electron chi connectivity index (χ0n) is 18.9. The predicted molar refractivity (Wildman–Crippen MR) is 130 cm³/mol. The number of hydrogen-bond acceptors (Lipinski definition) is 6. The number of non-ortho nitro benzene ring substituents is 1. The van der Waals surface area contributed by atoms with Gasteiger partial charge in [-0.1, -0.05) is 35.9 Å². The number of amides is 1.